The number of hydrogen-bond donors (Lipinski definition) is 3. The molecule has 0 aliphatic heterocycles. The molecule has 4 N–H and O–H groups in total. The Morgan fingerprint density at radius 1 is 1.39 bits per heavy atom. The third kappa shape index (κ3) is 4.56. The second kappa shape index (κ2) is 7.96. The van der Waals surface area contributed by atoms with Crippen molar-refractivity contribution in [2.75, 3.05) is 18.9 Å². The second-order valence-electron chi connectivity index (χ2n) is 7.20. The zero-order chi connectivity index (χ0) is 20.5. The highest BCUT2D eigenvalue weighted by Crippen LogP contribution is 2.37. The summed E-state index contributed by atoms with van der Waals surface area (Å²) in [5, 5.41) is 12.2. The number of nitrogens with zero attached hydrogens (tertiary/aromatic N) is 3. The number of anilines is 1. The van der Waals surface area contributed by atoms with E-state index >= 15 is 0 Å². The van der Waals surface area contributed by atoms with Crippen molar-refractivity contribution in [2.45, 2.75) is 51.1 Å². The summed E-state index contributed by atoms with van der Waals surface area (Å²) >= 11 is 0. The Bertz CT molecular complexity index is 816. The van der Waals surface area contributed by atoms with Crippen LogP contribution in [0.3, 0.4) is 0 Å². The Morgan fingerprint density at radius 2 is 2.11 bits per heavy atom. The van der Waals surface area contributed by atoms with Crippen molar-refractivity contribution in [1.82, 2.24) is 19.9 Å². The van der Waals surface area contributed by atoms with Gasteiger partial charge in [0.15, 0.2) is 11.6 Å². The first kappa shape index (κ1) is 20.4. The molecule has 28 heavy (non-hydrogen) atoms. The lowest BCUT2D eigenvalue weighted by molar-refractivity contribution is -0.274. The highest BCUT2D eigenvalue weighted by Gasteiger charge is 2.34. The van der Waals surface area contributed by atoms with Gasteiger partial charge in [0.1, 0.15) is 5.82 Å². The molecule has 1 saturated carbocycles. The van der Waals surface area contributed by atoms with Gasteiger partial charge in [0.25, 0.3) is 0 Å². The summed E-state index contributed by atoms with van der Waals surface area (Å²) in [5.41, 5.74) is 6.43. The van der Waals surface area contributed by atoms with Crippen LogP contribution in [0, 0.1) is 0 Å². The van der Waals surface area contributed by atoms with Gasteiger partial charge in [-0.15, -0.1) is 13.2 Å². The van der Waals surface area contributed by atoms with E-state index < -0.39 is 12.1 Å². The van der Waals surface area contributed by atoms with Crippen molar-refractivity contribution in [3.8, 4) is 17.0 Å². The van der Waals surface area contributed by atoms with Crippen molar-refractivity contribution in [3.63, 3.8) is 0 Å². The molecule has 2 aromatic rings. The molecule has 0 spiro atoms. The SMILES string of the molecule is CC(C)c1nc(-c2cnc(N)c(OC(F)(F)F)c2)cn1C1CC(NCCO)C1. The molecule has 2 heterocycles. The van der Waals surface area contributed by atoms with Gasteiger partial charge >= 0.3 is 6.36 Å². The van der Waals surface area contributed by atoms with Crippen molar-refractivity contribution in [1.29, 1.82) is 0 Å². The molecule has 1 aliphatic carbocycles. The van der Waals surface area contributed by atoms with E-state index in [1.54, 1.807) is 0 Å². The fourth-order valence-electron chi connectivity index (χ4n) is 3.32. The lowest BCUT2D eigenvalue weighted by Gasteiger charge is -2.38. The summed E-state index contributed by atoms with van der Waals surface area (Å²) in [7, 11) is 0. The summed E-state index contributed by atoms with van der Waals surface area (Å²) in [6.45, 7) is 4.69. The largest absolute Gasteiger partial charge is 0.573 e. The van der Waals surface area contributed by atoms with E-state index in [2.05, 4.69) is 24.6 Å². The van der Waals surface area contributed by atoms with Gasteiger partial charge in [-0.2, -0.15) is 0 Å². The normalized spacial score (nSPS) is 19.7. The molecular formula is C18H24F3N5O2. The van der Waals surface area contributed by atoms with E-state index in [9.17, 15) is 13.2 Å². The maximum atomic E-state index is 12.6. The molecule has 3 rings (SSSR count). The van der Waals surface area contributed by atoms with E-state index in [4.69, 9.17) is 10.8 Å². The Hall–Kier alpha value is -2.33. The van der Waals surface area contributed by atoms with E-state index in [0.29, 0.717) is 23.8 Å². The van der Waals surface area contributed by atoms with Crippen LogP contribution in [-0.2, 0) is 0 Å². The Kier molecular flexibility index (Phi) is 5.80. The van der Waals surface area contributed by atoms with Crippen molar-refractivity contribution in [3.05, 3.63) is 24.3 Å². The van der Waals surface area contributed by atoms with Gasteiger partial charge in [-0.05, 0) is 18.9 Å². The van der Waals surface area contributed by atoms with Crippen molar-refractivity contribution in [2.24, 2.45) is 0 Å². The smallest absolute Gasteiger partial charge is 0.402 e. The number of aliphatic hydroxyl groups excluding tert-OH is 1. The van der Waals surface area contributed by atoms with Crippen LogP contribution in [0.1, 0.15) is 44.5 Å². The molecule has 1 fully saturated rings. The number of nitrogens with two attached hydrogens (primary N) is 1. The number of alkyl halides is 3. The number of pyridine rings is 1. The van der Waals surface area contributed by atoms with Crippen LogP contribution in [0.2, 0.25) is 0 Å². The molecular weight excluding hydrogens is 375 g/mol. The molecule has 0 atom stereocenters. The van der Waals surface area contributed by atoms with Crippen LogP contribution >= 0.6 is 0 Å². The van der Waals surface area contributed by atoms with Gasteiger partial charge in [0.2, 0.25) is 0 Å². The molecule has 0 saturated heterocycles. The van der Waals surface area contributed by atoms with Gasteiger partial charge in [-0.1, -0.05) is 13.8 Å². The lowest BCUT2D eigenvalue weighted by Crippen LogP contribution is -2.43. The zero-order valence-corrected chi connectivity index (χ0v) is 15.7. The Labute approximate surface area is 160 Å². The Balaban J connectivity index is 1.85. The number of imidazole rings is 1. The quantitative estimate of drug-likeness (QED) is 0.662. The number of hydrogen-bond acceptors (Lipinski definition) is 6. The van der Waals surface area contributed by atoms with Crippen molar-refractivity contribution < 1.29 is 23.0 Å². The number of aliphatic hydroxyl groups is 1. The van der Waals surface area contributed by atoms with Crippen LogP contribution in [0.4, 0.5) is 19.0 Å². The summed E-state index contributed by atoms with van der Waals surface area (Å²) in [4.78, 5) is 8.44. The van der Waals surface area contributed by atoms with Crippen LogP contribution in [0.25, 0.3) is 11.3 Å². The number of nitrogens with one attached hydrogen (secondary N) is 1. The third-order valence-corrected chi connectivity index (χ3v) is 4.73. The minimum atomic E-state index is -4.85. The highest BCUT2D eigenvalue weighted by molar-refractivity contribution is 5.63. The molecule has 2 aromatic heterocycles. The molecule has 0 aromatic carbocycles. The molecule has 0 radical (unpaired) electrons. The number of nitrogen functional groups attached to an aromatic ring is 1. The summed E-state index contributed by atoms with van der Waals surface area (Å²) in [6, 6.07) is 1.80. The molecule has 0 amide bonds. The predicted molar refractivity (Wildman–Crippen MR) is 97.8 cm³/mol. The maximum Gasteiger partial charge on any atom is 0.573 e. The van der Waals surface area contributed by atoms with E-state index in [-0.39, 0.29) is 24.4 Å². The second-order valence-corrected chi connectivity index (χ2v) is 7.20. The monoisotopic (exact) mass is 399 g/mol. The van der Waals surface area contributed by atoms with E-state index in [1.807, 2.05) is 20.0 Å². The standard InChI is InChI=1S/C18H24F3N5O2/c1-10(2)17-25-14(9-26(17)13-6-12(7-13)23-3-4-27)11-5-15(16(22)24-8-11)28-18(19,20)21/h5,8-10,12-13,23,27H,3-4,6-7H2,1-2H3,(H2,22,24). The number of rotatable bonds is 7. The molecule has 0 bridgehead atoms. The van der Waals surface area contributed by atoms with Crippen LogP contribution in [0.15, 0.2) is 18.5 Å². The first-order chi connectivity index (χ1) is 13.2. The van der Waals surface area contributed by atoms with Gasteiger partial charge < -0.3 is 25.5 Å². The number of aromatic nitrogens is 3. The molecule has 0 unspecified atom stereocenters. The zero-order valence-electron chi connectivity index (χ0n) is 15.7. The molecule has 7 nitrogen and oxygen atoms in total. The summed E-state index contributed by atoms with van der Waals surface area (Å²) in [5.74, 6) is 0.130. The minimum Gasteiger partial charge on any atom is -0.402 e. The van der Waals surface area contributed by atoms with Crippen LogP contribution in [0.5, 0.6) is 5.75 Å². The lowest BCUT2D eigenvalue weighted by atomic mass is 9.86. The first-order valence-electron chi connectivity index (χ1n) is 9.12. The minimum absolute atomic E-state index is 0.0973. The summed E-state index contributed by atoms with van der Waals surface area (Å²) < 4.78 is 43.7. The fourth-order valence-corrected chi connectivity index (χ4v) is 3.32. The average Bonchev–Trinajstić information content (AvgIpc) is 2.99. The maximum absolute atomic E-state index is 12.6. The fraction of sp³-hybridized carbons (Fsp3) is 0.556. The molecule has 10 heteroatoms. The van der Waals surface area contributed by atoms with Crippen LogP contribution < -0.4 is 15.8 Å². The summed E-state index contributed by atoms with van der Waals surface area (Å²) in [6.07, 6.45) is 0.184. The Morgan fingerprint density at radius 3 is 2.71 bits per heavy atom. The van der Waals surface area contributed by atoms with Crippen molar-refractivity contribution >= 4 is 5.82 Å². The van der Waals surface area contributed by atoms with E-state index in [1.165, 1.54) is 12.3 Å². The molecule has 154 valence electrons. The van der Waals surface area contributed by atoms with E-state index in [0.717, 1.165) is 18.7 Å². The van der Waals surface area contributed by atoms with Gasteiger partial charge in [-0.25, -0.2) is 9.97 Å². The number of ether oxygens (including phenoxy) is 1. The van der Waals surface area contributed by atoms with Gasteiger partial charge in [0, 0.05) is 42.5 Å². The van der Waals surface area contributed by atoms with Crippen LogP contribution in [-0.4, -0.2) is 45.2 Å². The number of halogens is 3. The first-order valence-corrected chi connectivity index (χ1v) is 9.12. The predicted octanol–water partition coefficient (Wildman–Crippen LogP) is 2.83. The highest BCUT2D eigenvalue weighted by atomic mass is 19.4. The third-order valence-electron chi connectivity index (χ3n) is 4.73. The van der Waals surface area contributed by atoms with Gasteiger partial charge in [0.05, 0.1) is 12.3 Å². The van der Waals surface area contributed by atoms with Gasteiger partial charge in [-0.3, -0.25) is 0 Å². The molecule has 1 aliphatic rings. The topological polar surface area (TPSA) is 98.2 Å². The average molecular weight is 399 g/mol.